The molecule has 96 heavy (non-hydrogen) atoms. The van der Waals surface area contributed by atoms with Crippen LogP contribution >= 0.6 is 15.6 Å². The monoisotopic (exact) mass is 1410 g/mol. The van der Waals surface area contributed by atoms with Gasteiger partial charge >= 0.3 is 39.5 Å². The molecule has 0 heterocycles. The van der Waals surface area contributed by atoms with Crippen LogP contribution in [-0.2, 0) is 65.4 Å². The maximum Gasteiger partial charge on any atom is 0.472 e. The number of phosphoric ester groups is 2. The molecule has 0 saturated heterocycles. The number of esters is 4. The van der Waals surface area contributed by atoms with Crippen LogP contribution in [0.1, 0.15) is 401 Å². The number of aliphatic hydroxyl groups is 1. The van der Waals surface area contributed by atoms with Crippen molar-refractivity contribution in [3.63, 3.8) is 0 Å². The lowest BCUT2D eigenvalue weighted by Gasteiger charge is -2.21. The summed E-state index contributed by atoms with van der Waals surface area (Å²) >= 11 is 0. The molecule has 3 N–H and O–H groups in total. The minimum Gasteiger partial charge on any atom is -0.462 e. The van der Waals surface area contributed by atoms with Crippen LogP contribution in [-0.4, -0.2) is 96.7 Å². The molecule has 19 heteroatoms. The Balaban J connectivity index is 5.23. The molecule has 0 saturated carbocycles. The molecule has 17 nitrogen and oxygen atoms in total. The van der Waals surface area contributed by atoms with E-state index in [-0.39, 0.29) is 25.7 Å². The van der Waals surface area contributed by atoms with Crippen molar-refractivity contribution in [1.29, 1.82) is 0 Å². The fourth-order valence-corrected chi connectivity index (χ4v) is 13.4. The van der Waals surface area contributed by atoms with E-state index < -0.39 is 97.5 Å². The van der Waals surface area contributed by atoms with Gasteiger partial charge in [0.15, 0.2) is 12.2 Å². The van der Waals surface area contributed by atoms with Crippen LogP contribution in [0.15, 0.2) is 0 Å². The SMILES string of the molecule is CCCCCCCCCCCCCCCC(=O)O[C@H](COC(=O)CCCCCCCCCCC)COP(=O)(O)OC[C@H](O)COP(=O)(O)OC[C@@H](COC(=O)CCCCCCCCCCCCCCCCC(C)C)OC(=O)CCCCCCCCCCCCCCCCC(C)C. The molecule has 0 aromatic carbocycles. The number of ether oxygens (including phenoxy) is 4. The van der Waals surface area contributed by atoms with Crippen molar-refractivity contribution in [3.8, 4) is 0 Å². The average Bonchev–Trinajstić information content (AvgIpc) is 2.18. The van der Waals surface area contributed by atoms with E-state index in [1.165, 1.54) is 218 Å². The highest BCUT2D eigenvalue weighted by molar-refractivity contribution is 7.47. The van der Waals surface area contributed by atoms with Gasteiger partial charge in [0, 0.05) is 25.7 Å². The largest absolute Gasteiger partial charge is 0.472 e. The summed E-state index contributed by atoms with van der Waals surface area (Å²) in [5.74, 6) is -0.519. The van der Waals surface area contributed by atoms with Crippen molar-refractivity contribution in [2.75, 3.05) is 39.6 Å². The lowest BCUT2D eigenvalue weighted by atomic mass is 10.0. The van der Waals surface area contributed by atoms with Crippen LogP contribution in [0.3, 0.4) is 0 Å². The highest BCUT2D eigenvalue weighted by atomic mass is 31.2. The molecule has 0 aromatic rings. The van der Waals surface area contributed by atoms with Gasteiger partial charge in [-0.05, 0) is 37.5 Å². The highest BCUT2D eigenvalue weighted by Crippen LogP contribution is 2.45. The summed E-state index contributed by atoms with van der Waals surface area (Å²) in [7, 11) is -9.91. The number of carbonyl (C=O) groups is 4. The van der Waals surface area contributed by atoms with Gasteiger partial charge in [-0.15, -0.1) is 0 Å². The molecule has 0 amide bonds. The van der Waals surface area contributed by atoms with Gasteiger partial charge in [0.25, 0.3) is 0 Å². The van der Waals surface area contributed by atoms with Crippen molar-refractivity contribution >= 4 is 39.5 Å². The quantitative estimate of drug-likeness (QED) is 0.0222. The predicted molar refractivity (Wildman–Crippen MR) is 391 cm³/mol. The Morgan fingerprint density at radius 1 is 0.281 bits per heavy atom. The number of hydrogen-bond acceptors (Lipinski definition) is 15. The summed E-state index contributed by atoms with van der Waals surface area (Å²) in [5, 5.41) is 10.6. The molecule has 0 aliphatic carbocycles. The fourth-order valence-electron chi connectivity index (χ4n) is 11.8. The highest BCUT2D eigenvalue weighted by Gasteiger charge is 2.30. The van der Waals surface area contributed by atoms with Gasteiger partial charge < -0.3 is 33.8 Å². The van der Waals surface area contributed by atoms with Gasteiger partial charge in [-0.2, -0.15) is 0 Å². The summed E-state index contributed by atoms with van der Waals surface area (Å²) in [6.45, 7) is 9.64. The lowest BCUT2D eigenvalue weighted by molar-refractivity contribution is -0.161. The van der Waals surface area contributed by atoms with Crippen LogP contribution in [0.25, 0.3) is 0 Å². The van der Waals surface area contributed by atoms with Crippen LogP contribution in [0.2, 0.25) is 0 Å². The summed E-state index contributed by atoms with van der Waals surface area (Å²) < 4.78 is 68.5. The third-order valence-electron chi connectivity index (χ3n) is 18.0. The smallest absolute Gasteiger partial charge is 0.462 e. The molecule has 570 valence electrons. The summed E-state index contributed by atoms with van der Waals surface area (Å²) in [5.41, 5.74) is 0. The van der Waals surface area contributed by atoms with Gasteiger partial charge in [0.05, 0.1) is 26.4 Å². The topological polar surface area (TPSA) is 237 Å². The minimum absolute atomic E-state index is 0.108. The number of unbranched alkanes of at least 4 members (excludes halogenated alkanes) is 46. The fraction of sp³-hybridized carbons (Fsp3) is 0.948. The number of phosphoric acid groups is 2. The number of aliphatic hydroxyl groups excluding tert-OH is 1. The van der Waals surface area contributed by atoms with E-state index in [1.54, 1.807) is 0 Å². The zero-order chi connectivity index (χ0) is 70.7. The first kappa shape index (κ1) is 94.1. The number of rotatable bonds is 76. The first-order valence-corrected chi connectivity index (χ1v) is 43.0. The second-order valence-corrected chi connectivity index (χ2v) is 31.6. The zero-order valence-corrected chi connectivity index (χ0v) is 64.5. The maximum atomic E-state index is 13.1. The molecule has 0 fully saturated rings. The Labute approximate surface area is 588 Å². The molecule has 0 aliphatic heterocycles. The Hall–Kier alpha value is -1.94. The van der Waals surface area contributed by atoms with E-state index in [4.69, 9.17) is 37.0 Å². The standard InChI is InChI=1S/C77H150O17P2/c1-7-9-11-13-15-17-18-23-31-37-43-49-55-61-76(81)93-72(65-87-74(79)59-53-47-41-33-16-14-12-10-8-2)67-91-95(83,84)89-63-71(78)64-90-96(85,86)92-68-73(94-77(82)62-56-50-44-38-32-27-22-20-25-29-35-40-46-52-58-70(5)6)66-88-75(80)60-54-48-42-36-30-26-21-19-24-28-34-39-45-51-57-69(3)4/h69-73,78H,7-68H2,1-6H3,(H,83,84)(H,85,86)/t71-,72+,73+/m0/s1. The Bertz CT molecular complexity index is 1860. The molecule has 5 atom stereocenters. The molecular formula is C77H150O17P2. The van der Waals surface area contributed by atoms with Crippen molar-refractivity contribution in [3.05, 3.63) is 0 Å². The van der Waals surface area contributed by atoms with Crippen molar-refractivity contribution < 1.29 is 80.2 Å². The molecule has 0 radical (unpaired) electrons. The van der Waals surface area contributed by atoms with Crippen LogP contribution in [0.5, 0.6) is 0 Å². The van der Waals surface area contributed by atoms with Crippen molar-refractivity contribution in [2.24, 2.45) is 11.8 Å². The molecule has 0 spiro atoms. The number of hydrogen-bond donors (Lipinski definition) is 3. The summed E-state index contributed by atoms with van der Waals surface area (Å²) in [6.07, 6.45) is 56.8. The predicted octanol–water partition coefficient (Wildman–Crippen LogP) is 22.7. The van der Waals surface area contributed by atoms with Crippen LogP contribution in [0.4, 0.5) is 0 Å². The Morgan fingerprint density at radius 3 is 0.708 bits per heavy atom. The van der Waals surface area contributed by atoms with Gasteiger partial charge in [0.2, 0.25) is 0 Å². The van der Waals surface area contributed by atoms with Gasteiger partial charge in [-0.3, -0.25) is 37.3 Å². The Kier molecular flexibility index (Phi) is 67.4. The average molecular weight is 1410 g/mol. The molecule has 2 unspecified atom stereocenters. The summed E-state index contributed by atoms with van der Waals surface area (Å²) in [6, 6.07) is 0. The molecule has 0 bridgehead atoms. The molecule has 0 rings (SSSR count). The normalized spacial score (nSPS) is 14.0. The zero-order valence-electron chi connectivity index (χ0n) is 62.7. The first-order chi connectivity index (χ1) is 46.4. The second-order valence-electron chi connectivity index (χ2n) is 28.7. The van der Waals surface area contributed by atoms with E-state index in [0.717, 1.165) is 102 Å². The first-order valence-electron chi connectivity index (χ1n) is 40.0. The van der Waals surface area contributed by atoms with Crippen molar-refractivity contribution in [2.45, 2.75) is 419 Å². The van der Waals surface area contributed by atoms with E-state index in [2.05, 4.69) is 41.5 Å². The number of carbonyl (C=O) groups excluding carboxylic acids is 4. The van der Waals surface area contributed by atoms with E-state index in [0.29, 0.717) is 25.7 Å². The lowest BCUT2D eigenvalue weighted by Crippen LogP contribution is -2.30. The molecule has 0 aliphatic rings. The van der Waals surface area contributed by atoms with E-state index >= 15 is 0 Å². The van der Waals surface area contributed by atoms with Gasteiger partial charge in [-0.1, -0.05) is 350 Å². The Morgan fingerprint density at radius 2 is 0.479 bits per heavy atom. The molecule has 0 aromatic heterocycles. The van der Waals surface area contributed by atoms with E-state index in [1.807, 2.05) is 0 Å². The minimum atomic E-state index is -4.96. The van der Waals surface area contributed by atoms with Crippen molar-refractivity contribution in [1.82, 2.24) is 0 Å². The van der Waals surface area contributed by atoms with E-state index in [9.17, 15) is 43.2 Å². The van der Waals surface area contributed by atoms with Crippen LogP contribution < -0.4 is 0 Å². The second kappa shape index (κ2) is 68.8. The maximum absolute atomic E-state index is 13.1. The third-order valence-corrected chi connectivity index (χ3v) is 19.9. The molecular weight excluding hydrogens is 1260 g/mol. The summed E-state index contributed by atoms with van der Waals surface area (Å²) in [4.78, 5) is 72.8. The van der Waals surface area contributed by atoms with Gasteiger partial charge in [-0.25, -0.2) is 9.13 Å². The third kappa shape index (κ3) is 70.5. The van der Waals surface area contributed by atoms with Gasteiger partial charge in [0.1, 0.15) is 19.3 Å². The van der Waals surface area contributed by atoms with Crippen LogP contribution in [0, 0.1) is 11.8 Å².